The minimum atomic E-state index is -0.930. The minimum Gasteiger partial charge on any atom is -0.493 e. The van der Waals surface area contributed by atoms with E-state index < -0.39 is 5.97 Å². The fourth-order valence-corrected chi connectivity index (χ4v) is 3.80. The van der Waals surface area contributed by atoms with Crippen molar-refractivity contribution in [3.63, 3.8) is 0 Å². The van der Waals surface area contributed by atoms with Gasteiger partial charge in [-0.1, -0.05) is 105 Å². The van der Waals surface area contributed by atoms with Crippen molar-refractivity contribution in [2.75, 3.05) is 6.61 Å². The molecule has 3 nitrogen and oxygen atoms in total. The number of carboxylic acids is 1. The van der Waals surface area contributed by atoms with Crippen LogP contribution in [0.3, 0.4) is 0 Å². The first-order valence-corrected chi connectivity index (χ1v) is 12.9. The quantitative estimate of drug-likeness (QED) is 0.189. The van der Waals surface area contributed by atoms with Gasteiger partial charge in [0.2, 0.25) is 0 Å². The van der Waals surface area contributed by atoms with Gasteiger partial charge in [0, 0.05) is 17.2 Å². The van der Waals surface area contributed by atoms with Crippen LogP contribution in [0, 0.1) is 0 Å². The normalized spacial score (nSPS) is 13.6. The molecule has 0 spiro atoms. The predicted octanol–water partition coefficient (Wildman–Crippen LogP) is 9.01. The molecule has 0 saturated carbocycles. The van der Waals surface area contributed by atoms with Crippen molar-refractivity contribution < 1.29 is 14.6 Å². The Bertz CT molecular complexity index is 886. The third-order valence-corrected chi connectivity index (χ3v) is 5.99. The van der Waals surface area contributed by atoms with Crippen LogP contribution in [0.5, 0.6) is 5.75 Å². The lowest BCUT2D eigenvalue weighted by Gasteiger charge is -2.29. The zero-order valence-electron chi connectivity index (χ0n) is 23.2. The van der Waals surface area contributed by atoms with E-state index >= 15 is 0 Å². The van der Waals surface area contributed by atoms with E-state index in [0.29, 0.717) is 5.57 Å². The summed E-state index contributed by atoms with van der Waals surface area (Å²) in [6.45, 7) is 20.3. The number of hydrogen-bond donors (Lipinski definition) is 1. The summed E-state index contributed by atoms with van der Waals surface area (Å²) in [5, 5.41) is 8.94. The van der Waals surface area contributed by atoms with Crippen molar-refractivity contribution >= 4 is 11.5 Å². The molecule has 34 heavy (non-hydrogen) atoms. The van der Waals surface area contributed by atoms with Gasteiger partial charge in [-0.2, -0.15) is 0 Å². The lowest BCUT2D eigenvalue weighted by molar-refractivity contribution is -0.131. The largest absolute Gasteiger partial charge is 0.493 e. The smallest absolute Gasteiger partial charge is 0.328 e. The van der Waals surface area contributed by atoms with Gasteiger partial charge in [0.25, 0.3) is 0 Å². The summed E-state index contributed by atoms with van der Waals surface area (Å²) in [5.74, 6) is 0.0509. The summed E-state index contributed by atoms with van der Waals surface area (Å²) < 4.78 is 6.52. The van der Waals surface area contributed by atoms with Crippen molar-refractivity contribution in [2.24, 2.45) is 0 Å². The second-order valence-electron chi connectivity index (χ2n) is 11.5. The van der Waals surface area contributed by atoms with Gasteiger partial charge in [0.05, 0.1) is 6.61 Å². The summed E-state index contributed by atoms with van der Waals surface area (Å²) in [7, 11) is 0. The zero-order valence-corrected chi connectivity index (χ0v) is 23.2. The maximum Gasteiger partial charge on any atom is 0.328 e. The number of aliphatic carboxylic acids is 1. The molecule has 1 rings (SSSR count). The van der Waals surface area contributed by atoms with Gasteiger partial charge < -0.3 is 9.84 Å². The molecule has 1 N–H and O–H groups in total. The molecule has 3 heteroatoms. The van der Waals surface area contributed by atoms with Gasteiger partial charge in [0.1, 0.15) is 5.75 Å². The van der Waals surface area contributed by atoms with Crippen LogP contribution >= 0.6 is 0 Å². The number of benzene rings is 1. The molecule has 1 aromatic carbocycles. The van der Waals surface area contributed by atoms with Crippen LogP contribution in [0.15, 0.2) is 42.0 Å². The van der Waals surface area contributed by atoms with E-state index in [1.165, 1.54) is 49.3 Å². The number of rotatable bonds is 12. The number of ether oxygens (including phenoxy) is 1. The summed E-state index contributed by atoms with van der Waals surface area (Å²) in [6.07, 6.45) is 14.4. The molecule has 0 amide bonds. The van der Waals surface area contributed by atoms with Crippen LogP contribution in [0.2, 0.25) is 0 Å². The number of carboxylic acid groups (broad SMARTS) is 1. The standard InChI is InChI=1S/C31H48O3/c1-10-11-12-13-14-15-19-34-29-26(24(3)18-16-17-23(2)20-28(32)33)21-25(30(4,5)6)22-27(29)31(7,8)9/h16-18,20-22H,10-15,19H2,1-9H3,(H,32,33). The predicted molar refractivity (Wildman–Crippen MR) is 147 cm³/mol. The maximum atomic E-state index is 10.9. The lowest BCUT2D eigenvalue weighted by atomic mass is 9.78. The molecule has 0 aliphatic carbocycles. The Morgan fingerprint density at radius 3 is 2.12 bits per heavy atom. The number of hydrogen-bond acceptors (Lipinski definition) is 2. The van der Waals surface area contributed by atoms with Crippen LogP contribution in [0.25, 0.3) is 5.57 Å². The average Bonchev–Trinajstić information content (AvgIpc) is 2.70. The highest BCUT2D eigenvalue weighted by Crippen LogP contribution is 2.41. The van der Waals surface area contributed by atoms with Crippen molar-refractivity contribution in [1.82, 2.24) is 0 Å². The lowest BCUT2D eigenvalue weighted by Crippen LogP contribution is -2.19. The fraction of sp³-hybridized carbons (Fsp3) is 0.581. The Hall–Kier alpha value is -2.29. The molecule has 0 aliphatic rings. The summed E-state index contributed by atoms with van der Waals surface area (Å²) in [5.41, 5.74) is 5.42. The average molecular weight is 469 g/mol. The molecule has 0 aliphatic heterocycles. The van der Waals surface area contributed by atoms with E-state index in [1.54, 1.807) is 6.92 Å². The van der Waals surface area contributed by atoms with E-state index in [0.717, 1.165) is 29.9 Å². The van der Waals surface area contributed by atoms with Gasteiger partial charge in [0.15, 0.2) is 0 Å². The number of allylic oxidation sites excluding steroid dienone is 5. The summed E-state index contributed by atoms with van der Waals surface area (Å²) in [6, 6.07) is 4.59. The molecule has 1 aromatic rings. The fourth-order valence-electron chi connectivity index (χ4n) is 3.80. The molecule has 190 valence electrons. The van der Waals surface area contributed by atoms with E-state index in [2.05, 4.69) is 67.5 Å². The van der Waals surface area contributed by atoms with Crippen LogP contribution < -0.4 is 4.74 Å². The second-order valence-corrected chi connectivity index (χ2v) is 11.5. The first kappa shape index (κ1) is 29.7. The Morgan fingerprint density at radius 2 is 1.56 bits per heavy atom. The van der Waals surface area contributed by atoms with Gasteiger partial charge in [-0.25, -0.2) is 4.79 Å². The molecule has 0 fully saturated rings. The van der Waals surface area contributed by atoms with Crippen molar-refractivity contribution in [2.45, 2.75) is 112 Å². The first-order chi connectivity index (χ1) is 15.8. The Kier molecular flexibility index (Phi) is 11.9. The van der Waals surface area contributed by atoms with Crippen molar-refractivity contribution in [3.05, 3.63) is 58.7 Å². The van der Waals surface area contributed by atoms with Gasteiger partial charge in [-0.05, 0) is 53.9 Å². The molecule has 0 atom stereocenters. The molecule has 0 aromatic heterocycles. The molecule has 0 heterocycles. The summed E-state index contributed by atoms with van der Waals surface area (Å²) >= 11 is 0. The van der Waals surface area contributed by atoms with Crippen LogP contribution in [-0.2, 0) is 15.6 Å². The highest BCUT2D eigenvalue weighted by Gasteiger charge is 2.26. The van der Waals surface area contributed by atoms with Crippen LogP contribution in [0.1, 0.15) is 118 Å². The highest BCUT2D eigenvalue weighted by atomic mass is 16.5. The maximum absolute atomic E-state index is 10.9. The van der Waals surface area contributed by atoms with Gasteiger partial charge in [-0.15, -0.1) is 0 Å². The molecular weight excluding hydrogens is 420 g/mol. The Morgan fingerprint density at radius 1 is 0.941 bits per heavy atom. The van der Waals surface area contributed by atoms with Gasteiger partial charge in [-0.3, -0.25) is 0 Å². The highest BCUT2D eigenvalue weighted by molar-refractivity contribution is 5.81. The van der Waals surface area contributed by atoms with E-state index in [9.17, 15) is 4.79 Å². The van der Waals surface area contributed by atoms with Crippen LogP contribution in [-0.4, -0.2) is 17.7 Å². The molecule has 0 radical (unpaired) electrons. The molecule has 0 bridgehead atoms. The molecular formula is C31H48O3. The SMILES string of the molecule is CCCCCCCCOc1c(C(C)=CC=CC(C)=CC(=O)O)cc(C(C)(C)C)cc1C(C)(C)C. The molecule has 0 unspecified atom stereocenters. The van der Waals surface area contributed by atoms with Crippen molar-refractivity contribution in [1.29, 1.82) is 0 Å². The van der Waals surface area contributed by atoms with Gasteiger partial charge >= 0.3 is 5.97 Å². The van der Waals surface area contributed by atoms with E-state index in [-0.39, 0.29) is 10.8 Å². The molecule has 0 saturated heterocycles. The number of carbonyl (C=O) groups is 1. The second kappa shape index (κ2) is 13.6. The Balaban J connectivity index is 3.37. The third kappa shape index (κ3) is 10.3. The van der Waals surface area contributed by atoms with E-state index in [1.807, 2.05) is 18.2 Å². The number of unbranched alkanes of at least 4 members (excludes halogenated alkanes) is 5. The third-order valence-electron chi connectivity index (χ3n) is 5.99. The minimum absolute atomic E-state index is 0.0174. The zero-order chi connectivity index (χ0) is 25.9. The Labute approximate surface area is 209 Å². The summed E-state index contributed by atoms with van der Waals surface area (Å²) in [4.78, 5) is 10.9. The first-order valence-electron chi connectivity index (χ1n) is 12.9. The van der Waals surface area contributed by atoms with Crippen molar-refractivity contribution in [3.8, 4) is 5.75 Å². The topological polar surface area (TPSA) is 46.5 Å². The van der Waals surface area contributed by atoms with E-state index in [4.69, 9.17) is 9.84 Å². The monoisotopic (exact) mass is 468 g/mol. The van der Waals surface area contributed by atoms with Crippen LogP contribution in [0.4, 0.5) is 0 Å².